The Balaban J connectivity index is 2.28. The third-order valence-electron chi connectivity index (χ3n) is 1.78. The first kappa shape index (κ1) is 9.84. The van der Waals surface area contributed by atoms with E-state index in [-0.39, 0.29) is 6.61 Å². The van der Waals surface area contributed by atoms with Crippen molar-refractivity contribution in [2.24, 2.45) is 0 Å². The molecule has 0 fully saturated rings. The van der Waals surface area contributed by atoms with Crippen molar-refractivity contribution in [3.63, 3.8) is 0 Å². The van der Waals surface area contributed by atoms with Crippen LogP contribution in [0.5, 0.6) is 0 Å². The van der Waals surface area contributed by atoms with E-state index in [1.165, 1.54) is 6.33 Å². The Hall–Kier alpha value is -1.70. The fourth-order valence-electron chi connectivity index (χ4n) is 1.13. The summed E-state index contributed by atoms with van der Waals surface area (Å²) in [5.41, 5.74) is 2.04. The van der Waals surface area contributed by atoms with Crippen LogP contribution >= 0.6 is 11.3 Å². The molecule has 2 aromatic heterocycles. The first-order chi connectivity index (χ1) is 7.40. The quantitative estimate of drug-likeness (QED) is 0.736. The highest BCUT2D eigenvalue weighted by atomic mass is 32.1. The van der Waals surface area contributed by atoms with Gasteiger partial charge in [-0.15, -0.1) is 11.3 Å². The number of hydrogen-bond donors (Lipinski definition) is 1. The highest BCUT2D eigenvalue weighted by molar-refractivity contribution is 7.11. The maximum Gasteiger partial charge on any atom is 0.115 e. The van der Waals surface area contributed by atoms with E-state index in [1.807, 2.05) is 11.4 Å². The molecule has 4 heteroatoms. The molecule has 0 aliphatic heterocycles. The van der Waals surface area contributed by atoms with Crippen molar-refractivity contribution in [2.45, 2.75) is 0 Å². The molecule has 2 aromatic rings. The molecule has 0 aliphatic rings. The SMILES string of the molecule is OCC#Cc1cc(-c2cncnc2)cs1. The summed E-state index contributed by atoms with van der Waals surface area (Å²) in [4.78, 5) is 8.83. The molecule has 0 bridgehead atoms. The van der Waals surface area contributed by atoms with Gasteiger partial charge in [-0.3, -0.25) is 0 Å². The third kappa shape index (κ3) is 2.40. The number of aliphatic hydroxyl groups excluding tert-OH is 1. The van der Waals surface area contributed by atoms with E-state index in [4.69, 9.17) is 5.11 Å². The van der Waals surface area contributed by atoms with Crippen molar-refractivity contribution >= 4 is 11.3 Å². The zero-order valence-corrected chi connectivity index (χ0v) is 8.66. The van der Waals surface area contributed by atoms with Crippen LogP contribution in [0.2, 0.25) is 0 Å². The summed E-state index contributed by atoms with van der Waals surface area (Å²) in [6.07, 6.45) is 5.03. The van der Waals surface area contributed by atoms with Crippen LogP contribution in [0, 0.1) is 11.8 Å². The van der Waals surface area contributed by atoms with Crippen LogP contribution in [0.15, 0.2) is 30.2 Å². The second-order valence-electron chi connectivity index (χ2n) is 2.79. The molecule has 1 N–H and O–H groups in total. The number of rotatable bonds is 1. The molecule has 0 unspecified atom stereocenters. The number of hydrogen-bond acceptors (Lipinski definition) is 4. The molecular formula is C11H8N2OS. The molecule has 0 amide bonds. The van der Waals surface area contributed by atoms with Gasteiger partial charge in [-0.2, -0.15) is 0 Å². The summed E-state index contributed by atoms with van der Waals surface area (Å²) >= 11 is 1.54. The Morgan fingerprint density at radius 2 is 2.07 bits per heavy atom. The van der Waals surface area contributed by atoms with Gasteiger partial charge in [-0.1, -0.05) is 11.8 Å². The van der Waals surface area contributed by atoms with Gasteiger partial charge in [-0.05, 0) is 17.0 Å². The minimum Gasteiger partial charge on any atom is -0.384 e. The van der Waals surface area contributed by atoms with Crippen LogP contribution in [-0.4, -0.2) is 21.7 Å². The average Bonchev–Trinajstić information content (AvgIpc) is 2.76. The van der Waals surface area contributed by atoms with E-state index >= 15 is 0 Å². The summed E-state index contributed by atoms with van der Waals surface area (Å²) in [6, 6.07) is 1.96. The molecule has 0 saturated carbocycles. The highest BCUT2D eigenvalue weighted by Crippen LogP contribution is 2.23. The largest absolute Gasteiger partial charge is 0.384 e. The molecule has 2 heterocycles. The molecular weight excluding hydrogens is 208 g/mol. The third-order valence-corrected chi connectivity index (χ3v) is 2.63. The summed E-state index contributed by atoms with van der Waals surface area (Å²) < 4.78 is 0. The van der Waals surface area contributed by atoms with Crippen molar-refractivity contribution in [1.82, 2.24) is 9.97 Å². The standard InChI is InChI=1S/C11H8N2OS/c14-3-1-2-11-4-9(7-15-11)10-5-12-8-13-6-10/h4-8,14H,3H2. The molecule has 0 atom stereocenters. The first-order valence-corrected chi connectivity index (χ1v) is 5.22. The Morgan fingerprint density at radius 3 is 2.80 bits per heavy atom. The number of thiophene rings is 1. The van der Waals surface area contributed by atoms with E-state index in [0.717, 1.165) is 16.0 Å². The highest BCUT2D eigenvalue weighted by Gasteiger charge is 2.00. The molecule has 74 valence electrons. The Morgan fingerprint density at radius 1 is 1.27 bits per heavy atom. The molecule has 0 aromatic carbocycles. The summed E-state index contributed by atoms with van der Waals surface area (Å²) in [5, 5.41) is 10.6. The molecule has 0 spiro atoms. The van der Waals surface area contributed by atoms with Gasteiger partial charge in [0, 0.05) is 18.0 Å². The topological polar surface area (TPSA) is 46.0 Å². The van der Waals surface area contributed by atoms with Crippen molar-refractivity contribution in [2.75, 3.05) is 6.61 Å². The first-order valence-electron chi connectivity index (χ1n) is 4.34. The monoisotopic (exact) mass is 216 g/mol. The van der Waals surface area contributed by atoms with E-state index < -0.39 is 0 Å². The van der Waals surface area contributed by atoms with Gasteiger partial charge in [0.1, 0.15) is 12.9 Å². The fraction of sp³-hybridized carbons (Fsp3) is 0.0909. The van der Waals surface area contributed by atoms with E-state index in [2.05, 4.69) is 21.8 Å². The lowest BCUT2D eigenvalue weighted by Crippen LogP contribution is -1.78. The maximum atomic E-state index is 8.56. The van der Waals surface area contributed by atoms with Gasteiger partial charge in [0.05, 0.1) is 4.88 Å². The van der Waals surface area contributed by atoms with Gasteiger partial charge < -0.3 is 5.11 Å². The number of nitrogens with zero attached hydrogens (tertiary/aromatic N) is 2. The van der Waals surface area contributed by atoms with E-state index in [9.17, 15) is 0 Å². The van der Waals surface area contributed by atoms with Crippen LogP contribution in [0.3, 0.4) is 0 Å². The predicted octanol–water partition coefficient (Wildman–Crippen LogP) is 1.55. The lowest BCUT2D eigenvalue weighted by molar-refractivity contribution is 0.350. The van der Waals surface area contributed by atoms with Crippen molar-refractivity contribution < 1.29 is 5.11 Å². The minimum absolute atomic E-state index is 0.109. The lowest BCUT2D eigenvalue weighted by atomic mass is 10.2. The molecule has 15 heavy (non-hydrogen) atoms. The predicted molar refractivity (Wildman–Crippen MR) is 59.3 cm³/mol. The Bertz CT molecular complexity index is 496. The Kier molecular flexibility index (Phi) is 3.08. The molecule has 0 aliphatic carbocycles. The van der Waals surface area contributed by atoms with Gasteiger partial charge >= 0.3 is 0 Å². The van der Waals surface area contributed by atoms with Crippen molar-refractivity contribution in [3.8, 4) is 23.0 Å². The lowest BCUT2D eigenvalue weighted by Gasteiger charge is -1.92. The number of aromatic nitrogens is 2. The maximum absolute atomic E-state index is 8.56. The molecule has 2 rings (SSSR count). The second-order valence-corrected chi connectivity index (χ2v) is 3.70. The van der Waals surface area contributed by atoms with Crippen molar-refractivity contribution in [1.29, 1.82) is 0 Å². The molecule has 3 nitrogen and oxygen atoms in total. The molecule has 0 radical (unpaired) electrons. The van der Waals surface area contributed by atoms with Crippen LogP contribution in [0.25, 0.3) is 11.1 Å². The average molecular weight is 216 g/mol. The van der Waals surface area contributed by atoms with Crippen LogP contribution in [0.1, 0.15) is 4.88 Å². The smallest absolute Gasteiger partial charge is 0.115 e. The zero-order valence-electron chi connectivity index (χ0n) is 7.84. The van der Waals surface area contributed by atoms with E-state index in [0.29, 0.717) is 0 Å². The summed E-state index contributed by atoms with van der Waals surface area (Å²) in [6.45, 7) is -0.109. The zero-order chi connectivity index (χ0) is 10.5. The van der Waals surface area contributed by atoms with Crippen molar-refractivity contribution in [3.05, 3.63) is 35.0 Å². The second kappa shape index (κ2) is 4.69. The van der Waals surface area contributed by atoms with Gasteiger partial charge in [0.15, 0.2) is 0 Å². The summed E-state index contributed by atoms with van der Waals surface area (Å²) in [5.74, 6) is 5.48. The normalized spacial score (nSPS) is 9.40. The van der Waals surface area contributed by atoms with Crippen LogP contribution in [-0.2, 0) is 0 Å². The van der Waals surface area contributed by atoms with Crippen LogP contribution < -0.4 is 0 Å². The number of aliphatic hydroxyl groups is 1. The molecule has 0 saturated heterocycles. The van der Waals surface area contributed by atoms with E-state index in [1.54, 1.807) is 23.7 Å². The Labute approximate surface area is 91.5 Å². The summed E-state index contributed by atoms with van der Waals surface area (Å²) in [7, 11) is 0. The minimum atomic E-state index is -0.109. The van der Waals surface area contributed by atoms with Crippen LogP contribution in [0.4, 0.5) is 0 Å². The fourth-order valence-corrected chi connectivity index (χ4v) is 1.91. The van der Waals surface area contributed by atoms with Gasteiger partial charge in [-0.25, -0.2) is 9.97 Å². The van der Waals surface area contributed by atoms with Gasteiger partial charge in [0.2, 0.25) is 0 Å². The van der Waals surface area contributed by atoms with Gasteiger partial charge in [0.25, 0.3) is 0 Å².